The minimum absolute atomic E-state index is 0.110. The number of hydrogen-bond donors (Lipinski definition) is 0. The second-order valence-corrected chi connectivity index (χ2v) is 9.70. The van der Waals surface area contributed by atoms with E-state index in [0.717, 1.165) is 16.8 Å². The number of hydrogen-bond acceptors (Lipinski definition) is 8. The van der Waals surface area contributed by atoms with Gasteiger partial charge in [0.15, 0.2) is 18.1 Å². The summed E-state index contributed by atoms with van der Waals surface area (Å²) in [5.41, 5.74) is 2.95. The number of ether oxygens (including phenoxy) is 3. The molecule has 0 aliphatic carbocycles. The minimum atomic E-state index is -0.158. The highest BCUT2D eigenvalue weighted by molar-refractivity contribution is 6.30. The van der Waals surface area contributed by atoms with Gasteiger partial charge in [0.2, 0.25) is 11.7 Å². The van der Waals surface area contributed by atoms with Crippen LogP contribution < -0.4 is 19.1 Å². The Balaban J connectivity index is 1.43. The topological polar surface area (TPSA) is 90.2 Å². The van der Waals surface area contributed by atoms with Crippen LogP contribution in [-0.4, -0.2) is 69.0 Å². The number of nitrogens with zero attached hydrogens (tertiary/aromatic N) is 4. The largest absolute Gasteiger partial charge is 0.493 e. The average molecular weight is 565 g/mol. The molecule has 0 bridgehead atoms. The van der Waals surface area contributed by atoms with E-state index >= 15 is 0 Å². The zero-order valence-corrected chi connectivity index (χ0v) is 23.9. The molecule has 1 amide bonds. The number of anilines is 1. The minimum Gasteiger partial charge on any atom is -0.493 e. The maximum absolute atomic E-state index is 13.2. The van der Waals surface area contributed by atoms with Crippen LogP contribution in [0.3, 0.4) is 0 Å². The zero-order valence-electron chi connectivity index (χ0n) is 23.1. The van der Waals surface area contributed by atoms with Crippen LogP contribution in [0.5, 0.6) is 17.2 Å². The summed E-state index contributed by atoms with van der Waals surface area (Å²) in [7, 11) is 7.17. The van der Waals surface area contributed by atoms with Gasteiger partial charge in [-0.15, -0.1) is 0 Å². The Morgan fingerprint density at radius 2 is 1.60 bits per heavy atom. The van der Waals surface area contributed by atoms with Crippen molar-refractivity contribution in [1.29, 1.82) is 0 Å². The molecule has 0 saturated heterocycles. The predicted octanol–water partition coefficient (Wildman–Crippen LogP) is 5.17. The fourth-order valence-electron chi connectivity index (χ4n) is 4.04. The third-order valence-electron chi connectivity index (χ3n) is 6.35. The second kappa shape index (κ2) is 13.7. The summed E-state index contributed by atoms with van der Waals surface area (Å²) in [5, 5.41) is 4.73. The summed E-state index contributed by atoms with van der Waals surface area (Å²) in [6, 6.07) is 20.5. The zero-order chi connectivity index (χ0) is 28.5. The molecule has 4 aromatic rings. The molecular formula is C30H33ClN4O5. The van der Waals surface area contributed by atoms with Crippen LogP contribution in [0.4, 0.5) is 5.69 Å². The van der Waals surface area contributed by atoms with Gasteiger partial charge in [0.25, 0.3) is 5.91 Å². The molecule has 1 aromatic heterocycles. The second-order valence-electron chi connectivity index (χ2n) is 9.27. The third-order valence-corrected chi connectivity index (χ3v) is 6.60. The average Bonchev–Trinajstić information content (AvgIpc) is 3.45. The molecule has 1 heterocycles. The first-order valence-electron chi connectivity index (χ1n) is 12.8. The van der Waals surface area contributed by atoms with E-state index in [0.29, 0.717) is 59.9 Å². The summed E-state index contributed by atoms with van der Waals surface area (Å²) in [6.07, 6.45) is 1.02. The molecule has 40 heavy (non-hydrogen) atoms. The van der Waals surface area contributed by atoms with E-state index in [4.69, 9.17) is 30.3 Å². The molecule has 0 saturated carbocycles. The van der Waals surface area contributed by atoms with Gasteiger partial charge in [0, 0.05) is 49.9 Å². The number of methoxy groups -OCH3 is 2. The van der Waals surface area contributed by atoms with Crippen molar-refractivity contribution in [3.8, 4) is 28.6 Å². The van der Waals surface area contributed by atoms with Crippen LogP contribution in [0, 0.1) is 0 Å². The number of benzene rings is 3. The highest BCUT2D eigenvalue weighted by Crippen LogP contribution is 2.28. The van der Waals surface area contributed by atoms with Crippen molar-refractivity contribution in [3.05, 3.63) is 83.2 Å². The molecule has 10 heteroatoms. The maximum Gasteiger partial charge on any atom is 0.260 e. The Hall–Kier alpha value is -4.24. The summed E-state index contributed by atoms with van der Waals surface area (Å²) in [4.78, 5) is 21.5. The fraction of sp³-hybridized carbons (Fsp3) is 0.300. The van der Waals surface area contributed by atoms with E-state index in [2.05, 4.69) is 10.1 Å². The molecule has 0 aliphatic heterocycles. The molecule has 0 unspecified atom stereocenters. The number of carbonyl (C=O) groups is 1. The van der Waals surface area contributed by atoms with Gasteiger partial charge in [-0.2, -0.15) is 4.98 Å². The van der Waals surface area contributed by atoms with Crippen molar-refractivity contribution < 1.29 is 23.5 Å². The van der Waals surface area contributed by atoms with Crippen molar-refractivity contribution >= 4 is 23.2 Å². The first kappa shape index (κ1) is 28.8. The fourth-order valence-corrected chi connectivity index (χ4v) is 4.17. The Kier molecular flexibility index (Phi) is 9.86. The highest BCUT2D eigenvalue weighted by atomic mass is 35.5. The predicted molar refractivity (Wildman–Crippen MR) is 155 cm³/mol. The van der Waals surface area contributed by atoms with Crippen LogP contribution in [0.2, 0.25) is 5.02 Å². The maximum atomic E-state index is 13.2. The smallest absolute Gasteiger partial charge is 0.260 e. The number of carbonyl (C=O) groups excluding carboxylic acids is 1. The van der Waals surface area contributed by atoms with Crippen molar-refractivity contribution in [2.45, 2.75) is 12.8 Å². The van der Waals surface area contributed by atoms with E-state index in [1.807, 2.05) is 61.5 Å². The highest BCUT2D eigenvalue weighted by Gasteiger charge is 2.18. The van der Waals surface area contributed by atoms with E-state index in [9.17, 15) is 4.79 Å². The lowest BCUT2D eigenvalue weighted by Gasteiger charge is -2.22. The van der Waals surface area contributed by atoms with Gasteiger partial charge in [-0.25, -0.2) is 0 Å². The van der Waals surface area contributed by atoms with Crippen molar-refractivity contribution in [3.63, 3.8) is 0 Å². The Labute approximate surface area is 239 Å². The molecule has 210 valence electrons. The van der Waals surface area contributed by atoms with Gasteiger partial charge in [-0.1, -0.05) is 22.8 Å². The first-order valence-corrected chi connectivity index (χ1v) is 13.2. The number of rotatable bonds is 13. The van der Waals surface area contributed by atoms with Crippen molar-refractivity contribution in [2.24, 2.45) is 0 Å². The van der Waals surface area contributed by atoms with Crippen LogP contribution in [0.15, 0.2) is 71.3 Å². The van der Waals surface area contributed by atoms with Gasteiger partial charge in [-0.3, -0.25) is 4.79 Å². The van der Waals surface area contributed by atoms with Crippen LogP contribution in [0.1, 0.15) is 11.5 Å². The van der Waals surface area contributed by atoms with E-state index in [1.165, 1.54) is 0 Å². The normalized spacial score (nSPS) is 10.7. The lowest BCUT2D eigenvalue weighted by molar-refractivity contribution is -0.133. The molecule has 0 fully saturated rings. The lowest BCUT2D eigenvalue weighted by atomic mass is 10.1. The lowest BCUT2D eigenvalue weighted by Crippen LogP contribution is -2.38. The number of halogens is 1. The summed E-state index contributed by atoms with van der Waals surface area (Å²) >= 11 is 5.96. The summed E-state index contributed by atoms with van der Waals surface area (Å²) in [6.45, 7) is 0.740. The first-order chi connectivity index (χ1) is 19.4. The Morgan fingerprint density at radius 1 is 0.900 bits per heavy atom. The molecule has 0 N–H and O–H groups in total. The van der Waals surface area contributed by atoms with Gasteiger partial charge in [-0.05, 0) is 72.6 Å². The van der Waals surface area contributed by atoms with E-state index in [-0.39, 0.29) is 12.5 Å². The van der Waals surface area contributed by atoms with Crippen LogP contribution >= 0.6 is 11.6 Å². The molecule has 0 aliphatic rings. The van der Waals surface area contributed by atoms with Crippen LogP contribution in [0.25, 0.3) is 11.4 Å². The monoisotopic (exact) mass is 564 g/mol. The van der Waals surface area contributed by atoms with Gasteiger partial charge >= 0.3 is 0 Å². The van der Waals surface area contributed by atoms with Crippen molar-refractivity contribution in [1.82, 2.24) is 15.0 Å². The van der Waals surface area contributed by atoms with Crippen LogP contribution in [-0.2, 0) is 17.6 Å². The SMILES string of the molecule is COc1ccc(CCN(CCc2nc(-c3ccc(N(C)C)cc3)no2)C(=O)COc2ccc(Cl)cc2)cc1OC. The standard InChI is InChI=1S/C30H33ClN4O5/c1-34(2)24-10-6-22(7-11-24)30-32-28(40-33-30)16-18-35(29(36)20-39-25-12-8-23(31)9-13-25)17-15-21-5-14-26(37-3)27(19-21)38-4/h5-14,19H,15-18,20H2,1-4H3. The Bertz CT molecular complexity index is 1390. The van der Waals surface area contributed by atoms with Gasteiger partial charge in [0.1, 0.15) is 5.75 Å². The van der Waals surface area contributed by atoms with Crippen molar-refractivity contribution in [2.75, 3.05) is 52.9 Å². The molecule has 3 aromatic carbocycles. The summed E-state index contributed by atoms with van der Waals surface area (Å²) < 4.78 is 22.0. The van der Waals surface area contributed by atoms with E-state index in [1.54, 1.807) is 43.4 Å². The molecule has 4 rings (SSSR count). The number of amides is 1. The van der Waals surface area contributed by atoms with Gasteiger partial charge < -0.3 is 28.5 Å². The quantitative estimate of drug-likeness (QED) is 0.220. The van der Waals surface area contributed by atoms with E-state index < -0.39 is 0 Å². The molecular weight excluding hydrogens is 532 g/mol. The Morgan fingerprint density at radius 3 is 2.27 bits per heavy atom. The number of aromatic nitrogens is 2. The molecule has 0 atom stereocenters. The van der Waals surface area contributed by atoms with Gasteiger partial charge in [0.05, 0.1) is 14.2 Å². The third kappa shape index (κ3) is 7.66. The molecule has 0 radical (unpaired) electrons. The summed E-state index contributed by atoms with van der Waals surface area (Å²) in [5.74, 6) is 2.66. The molecule has 9 nitrogen and oxygen atoms in total. The molecule has 0 spiro atoms.